The highest BCUT2D eigenvalue weighted by Gasteiger charge is 2.29. The SMILES string of the molecule is Cc1cc(C(=O)NC2(C)CCOCC2)ccc1C#CCN. The second kappa shape index (κ2) is 6.75. The van der Waals surface area contributed by atoms with Crippen molar-refractivity contribution in [2.24, 2.45) is 5.73 Å². The fourth-order valence-electron chi connectivity index (χ4n) is 2.38. The van der Waals surface area contributed by atoms with Crippen molar-refractivity contribution in [1.82, 2.24) is 5.32 Å². The van der Waals surface area contributed by atoms with E-state index in [9.17, 15) is 4.79 Å². The van der Waals surface area contributed by atoms with Crippen LogP contribution < -0.4 is 11.1 Å². The molecule has 3 N–H and O–H groups in total. The van der Waals surface area contributed by atoms with Crippen LogP contribution in [0.2, 0.25) is 0 Å². The van der Waals surface area contributed by atoms with Gasteiger partial charge in [-0.3, -0.25) is 4.79 Å². The van der Waals surface area contributed by atoms with Crippen molar-refractivity contribution in [2.45, 2.75) is 32.2 Å². The molecule has 4 heteroatoms. The third-order valence-electron chi connectivity index (χ3n) is 3.83. The summed E-state index contributed by atoms with van der Waals surface area (Å²) >= 11 is 0. The zero-order chi connectivity index (χ0) is 15.3. The van der Waals surface area contributed by atoms with Crippen molar-refractivity contribution in [3.8, 4) is 11.8 Å². The van der Waals surface area contributed by atoms with Crippen molar-refractivity contribution < 1.29 is 9.53 Å². The number of rotatable bonds is 2. The van der Waals surface area contributed by atoms with Gasteiger partial charge in [-0.15, -0.1) is 0 Å². The van der Waals surface area contributed by atoms with Crippen molar-refractivity contribution in [1.29, 1.82) is 0 Å². The lowest BCUT2D eigenvalue weighted by Gasteiger charge is -2.34. The van der Waals surface area contributed by atoms with Gasteiger partial charge in [0, 0.05) is 29.9 Å². The molecule has 0 spiro atoms. The summed E-state index contributed by atoms with van der Waals surface area (Å²) in [6.45, 7) is 5.75. The highest BCUT2D eigenvalue weighted by molar-refractivity contribution is 5.95. The van der Waals surface area contributed by atoms with E-state index in [1.165, 1.54) is 0 Å². The Morgan fingerprint density at radius 2 is 2.14 bits per heavy atom. The van der Waals surface area contributed by atoms with E-state index in [1.54, 1.807) is 0 Å². The minimum Gasteiger partial charge on any atom is -0.381 e. The van der Waals surface area contributed by atoms with Crippen LogP contribution >= 0.6 is 0 Å². The molecule has 1 fully saturated rings. The Balaban J connectivity index is 2.11. The summed E-state index contributed by atoms with van der Waals surface area (Å²) in [4.78, 5) is 12.4. The number of nitrogens with two attached hydrogens (primary N) is 1. The fourth-order valence-corrected chi connectivity index (χ4v) is 2.38. The number of ether oxygens (including phenoxy) is 1. The van der Waals surface area contributed by atoms with Gasteiger partial charge in [0.2, 0.25) is 0 Å². The first-order valence-electron chi connectivity index (χ1n) is 7.24. The molecule has 0 radical (unpaired) electrons. The quantitative estimate of drug-likeness (QED) is 0.812. The normalized spacial score (nSPS) is 16.7. The summed E-state index contributed by atoms with van der Waals surface area (Å²) in [7, 11) is 0. The average molecular weight is 286 g/mol. The van der Waals surface area contributed by atoms with Crippen LogP contribution in [0, 0.1) is 18.8 Å². The highest BCUT2D eigenvalue weighted by Crippen LogP contribution is 2.20. The van der Waals surface area contributed by atoms with Crippen LogP contribution in [0.5, 0.6) is 0 Å². The summed E-state index contributed by atoms with van der Waals surface area (Å²) < 4.78 is 5.35. The molecular formula is C17H22N2O2. The topological polar surface area (TPSA) is 64.3 Å². The molecule has 1 amide bonds. The fraction of sp³-hybridized carbons (Fsp3) is 0.471. The van der Waals surface area contributed by atoms with Crippen LogP contribution in [-0.4, -0.2) is 31.2 Å². The minimum absolute atomic E-state index is 0.0409. The molecule has 0 aromatic heterocycles. The lowest BCUT2D eigenvalue weighted by molar-refractivity contribution is 0.0423. The molecule has 1 heterocycles. The maximum Gasteiger partial charge on any atom is 0.251 e. The summed E-state index contributed by atoms with van der Waals surface area (Å²) in [5, 5.41) is 3.13. The number of carbonyl (C=O) groups excluding carboxylic acids is 1. The van der Waals surface area contributed by atoms with Crippen LogP contribution in [-0.2, 0) is 4.74 Å². The van der Waals surface area contributed by atoms with Crippen LogP contribution in [0.25, 0.3) is 0 Å². The molecule has 1 aromatic rings. The molecule has 0 bridgehead atoms. The summed E-state index contributed by atoms with van der Waals surface area (Å²) in [6.07, 6.45) is 1.69. The summed E-state index contributed by atoms with van der Waals surface area (Å²) in [5.41, 5.74) is 7.76. The number of hydrogen-bond acceptors (Lipinski definition) is 3. The Hall–Kier alpha value is -1.83. The second-order valence-electron chi connectivity index (χ2n) is 5.66. The highest BCUT2D eigenvalue weighted by atomic mass is 16.5. The van der Waals surface area contributed by atoms with Crippen molar-refractivity contribution in [3.63, 3.8) is 0 Å². The number of hydrogen-bond donors (Lipinski definition) is 2. The first-order chi connectivity index (χ1) is 10.0. The molecule has 4 nitrogen and oxygen atoms in total. The Morgan fingerprint density at radius 1 is 1.43 bits per heavy atom. The average Bonchev–Trinajstić information content (AvgIpc) is 2.46. The lowest BCUT2D eigenvalue weighted by Crippen LogP contribution is -2.49. The van der Waals surface area contributed by atoms with Gasteiger partial charge >= 0.3 is 0 Å². The van der Waals surface area contributed by atoms with Gasteiger partial charge < -0.3 is 15.8 Å². The summed E-state index contributed by atoms with van der Waals surface area (Å²) in [6, 6.07) is 5.56. The monoisotopic (exact) mass is 286 g/mol. The van der Waals surface area contributed by atoms with E-state index < -0.39 is 0 Å². The Labute approximate surface area is 126 Å². The van der Waals surface area contributed by atoms with Crippen LogP contribution in [0.3, 0.4) is 0 Å². The van der Waals surface area contributed by atoms with Gasteiger partial charge in [0.1, 0.15) is 0 Å². The first kappa shape index (κ1) is 15.6. The molecule has 0 saturated carbocycles. The predicted octanol–water partition coefficient (Wildman–Crippen LogP) is 1.60. The van der Waals surface area contributed by atoms with E-state index in [0.717, 1.165) is 24.0 Å². The molecule has 112 valence electrons. The van der Waals surface area contributed by atoms with Gasteiger partial charge in [-0.1, -0.05) is 11.8 Å². The van der Waals surface area contributed by atoms with E-state index >= 15 is 0 Å². The number of carbonyl (C=O) groups is 1. The predicted molar refractivity (Wildman–Crippen MR) is 83.0 cm³/mol. The minimum atomic E-state index is -0.179. The van der Waals surface area contributed by atoms with E-state index in [0.29, 0.717) is 25.3 Å². The second-order valence-corrected chi connectivity index (χ2v) is 5.66. The van der Waals surface area contributed by atoms with E-state index in [2.05, 4.69) is 24.1 Å². The van der Waals surface area contributed by atoms with Gasteiger partial charge in [0.15, 0.2) is 0 Å². The molecule has 0 aliphatic carbocycles. The van der Waals surface area contributed by atoms with Crippen LogP contribution in [0.1, 0.15) is 41.3 Å². The van der Waals surface area contributed by atoms with Crippen molar-refractivity contribution >= 4 is 5.91 Å². The Bertz CT molecular complexity index is 578. The first-order valence-corrected chi connectivity index (χ1v) is 7.24. The lowest BCUT2D eigenvalue weighted by atomic mass is 9.92. The van der Waals surface area contributed by atoms with Gasteiger partial charge in [-0.2, -0.15) is 0 Å². The van der Waals surface area contributed by atoms with Crippen molar-refractivity contribution in [3.05, 3.63) is 34.9 Å². The maximum atomic E-state index is 12.4. The number of benzene rings is 1. The molecule has 21 heavy (non-hydrogen) atoms. The van der Waals surface area contributed by atoms with Gasteiger partial charge in [-0.25, -0.2) is 0 Å². The summed E-state index contributed by atoms with van der Waals surface area (Å²) in [5.74, 6) is 5.79. The molecule has 1 saturated heterocycles. The zero-order valence-electron chi connectivity index (χ0n) is 12.7. The number of amides is 1. The molecule has 1 aliphatic heterocycles. The van der Waals surface area contributed by atoms with Gasteiger partial charge in [-0.05, 0) is 50.5 Å². The van der Waals surface area contributed by atoms with E-state index in [4.69, 9.17) is 10.5 Å². The smallest absolute Gasteiger partial charge is 0.251 e. The maximum absolute atomic E-state index is 12.4. The number of aryl methyl sites for hydroxylation is 1. The van der Waals surface area contributed by atoms with Gasteiger partial charge in [0.05, 0.1) is 6.54 Å². The van der Waals surface area contributed by atoms with Crippen LogP contribution in [0.15, 0.2) is 18.2 Å². The van der Waals surface area contributed by atoms with Crippen LogP contribution in [0.4, 0.5) is 0 Å². The molecule has 0 atom stereocenters. The van der Waals surface area contributed by atoms with E-state index in [-0.39, 0.29) is 11.4 Å². The number of nitrogens with one attached hydrogen (secondary N) is 1. The molecule has 1 aliphatic rings. The van der Waals surface area contributed by atoms with Crippen molar-refractivity contribution in [2.75, 3.05) is 19.8 Å². The molecular weight excluding hydrogens is 264 g/mol. The Kier molecular flexibility index (Phi) is 5.00. The third-order valence-corrected chi connectivity index (χ3v) is 3.83. The molecule has 1 aromatic carbocycles. The van der Waals surface area contributed by atoms with Gasteiger partial charge in [0.25, 0.3) is 5.91 Å². The Morgan fingerprint density at radius 3 is 2.76 bits per heavy atom. The largest absolute Gasteiger partial charge is 0.381 e. The molecule has 0 unspecified atom stereocenters. The standard InChI is InChI=1S/C17H22N2O2/c1-13-12-15(6-5-14(13)4-3-9-18)16(20)19-17(2)7-10-21-11-8-17/h5-6,12H,7-11,18H2,1-2H3,(H,19,20). The molecule has 2 rings (SSSR count). The zero-order valence-corrected chi connectivity index (χ0v) is 12.7. The third kappa shape index (κ3) is 4.07. The van der Waals surface area contributed by atoms with E-state index in [1.807, 2.05) is 25.1 Å².